The second-order valence-electron chi connectivity index (χ2n) is 7.66. The number of dihydropyridines is 2. The summed E-state index contributed by atoms with van der Waals surface area (Å²) in [4.78, 5) is 34.0. The first kappa shape index (κ1) is 28.2. The Balaban J connectivity index is 0.000000850. The molecule has 4 rings (SSSR count). The molecule has 0 aromatic carbocycles. The molecular weight excluding hydrogens is 503 g/mol. The van der Waals surface area contributed by atoms with Gasteiger partial charge in [0, 0.05) is 52.6 Å². The van der Waals surface area contributed by atoms with Crippen molar-refractivity contribution in [3.05, 3.63) is 118 Å². The Kier molecular flexibility index (Phi) is 9.84. The van der Waals surface area contributed by atoms with Crippen LogP contribution in [0.1, 0.15) is 13.8 Å². The summed E-state index contributed by atoms with van der Waals surface area (Å²) in [5, 5.41) is 14.0. The van der Waals surface area contributed by atoms with Crippen LogP contribution in [-0.2, 0) is 40.9 Å². The van der Waals surface area contributed by atoms with Crippen molar-refractivity contribution in [1.82, 2.24) is 10.6 Å². The summed E-state index contributed by atoms with van der Waals surface area (Å²) in [5.41, 5.74) is 4.78. The predicted octanol–water partition coefficient (Wildman–Crippen LogP) is 3.40. The molecule has 2 aliphatic heterocycles. The van der Waals surface area contributed by atoms with E-state index in [1.807, 2.05) is 43.4 Å². The van der Waals surface area contributed by atoms with Crippen LogP contribution in [0.25, 0.3) is 0 Å². The van der Waals surface area contributed by atoms with E-state index < -0.39 is 5.97 Å². The Morgan fingerprint density at radius 1 is 0.806 bits per heavy atom. The van der Waals surface area contributed by atoms with Gasteiger partial charge in [-0.15, -0.1) is 0 Å². The molecule has 0 unspecified atom stereocenters. The van der Waals surface area contributed by atoms with Gasteiger partial charge in [0.2, 0.25) is 0 Å². The SMILES string of the molecule is CC(=O)O.COC1=CC(=O)/C(=C2/C=CC=C(C3=CC=CC(=C4C=C(OC)C(C)=CC4=O)N3)N2)C=C1.[Mn]. The topological polar surface area (TPSA) is 114 Å². The normalized spacial score (nSPS) is 22.3. The van der Waals surface area contributed by atoms with Gasteiger partial charge in [-0.3, -0.25) is 14.4 Å². The third-order valence-corrected chi connectivity index (χ3v) is 5.15. The van der Waals surface area contributed by atoms with Crippen molar-refractivity contribution in [3.8, 4) is 0 Å². The zero-order valence-electron chi connectivity index (χ0n) is 20.2. The largest absolute Gasteiger partial charge is 0.497 e. The first-order chi connectivity index (χ1) is 16.7. The van der Waals surface area contributed by atoms with Crippen LogP contribution >= 0.6 is 0 Å². The summed E-state index contributed by atoms with van der Waals surface area (Å²) in [6.45, 7) is 2.92. The monoisotopic (exact) mass is 529 g/mol. The van der Waals surface area contributed by atoms with Crippen molar-refractivity contribution in [2.45, 2.75) is 13.8 Å². The molecule has 2 aliphatic carbocycles. The number of hydrogen-bond donors (Lipinski definition) is 3. The van der Waals surface area contributed by atoms with Crippen LogP contribution in [0.4, 0.5) is 0 Å². The first-order valence-corrected chi connectivity index (χ1v) is 10.7. The van der Waals surface area contributed by atoms with Crippen LogP contribution in [0.2, 0.25) is 0 Å². The maximum absolute atomic E-state index is 12.6. The van der Waals surface area contributed by atoms with Crippen LogP contribution in [0.15, 0.2) is 118 Å². The summed E-state index contributed by atoms with van der Waals surface area (Å²) < 4.78 is 10.5. The van der Waals surface area contributed by atoms with Gasteiger partial charge in [-0.1, -0.05) is 12.2 Å². The van der Waals surface area contributed by atoms with Crippen molar-refractivity contribution < 1.29 is 46.0 Å². The molecule has 1 radical (unpaired) electrons. The number of methoxy groups -OCH3 is 2. The average Bonchev–Trinajstić information content (AvgIpc) is 2.84. The number of carbonyl (C=O) groups excluding carboxylic acids is 2. The smallest absolute Gasteiger partial charge is 0.300 e. The van der Waals surface area contributed by atoms with Gasteiger partial charge < -0.3 is 25.2 Å². The molecule has 3 N–H and O–H groups in total. The number of carboxylic acids is 1. The van der Waals surface area contributed by atoms with Crippen LogP contribution in [0, 0.1) is 0 Å². The number of carboxylic acid groups (broad SMARTS) is 1. The minimum absolute atomic E-state index is 0. The van der Waals surface area contributed by atoms with Gasteiger partial charge >= 0.3 is 0 Å². The van der Waals surface area contributed by atoms with Crippen molar-refractivity contribution in [2.24, 2.45) is 0 Å². The van der Waals surface area contributed by atoms with Crippen LogP contribution in [0.5, 0.6) is 0 Å². The van der Waals surface area contributed by atoms with Gasteiger partial charge in [-0.25, -0.2) is 0 Å². The fraction of sp³-hybridized carbons (Fsp3) is 0.148. The van der Waals surface area contributed by atoms with Crippen molar-refractivity contribution in [1.29, 1.82) is 0 Å². The summed E-state index contributed by atoms with van der Waals surface area (Å²) in [6, 6.07) is 0. The summed E-state index contributed by atoms with van der Waals surface area (Å²) in [6.07, 6.45) is 19.5. The Hall–Kier alpha value is -4.07. The van der Waals surface area contributed by atoms with Gasteiger partial charge in [0.1, 0.15) is 11.5 Å². The summed E-state index contributed by atoms with van der Waals surface area (Å²) in [7, 11) is 3.11. The van der Waals surface area contributed by atoms with E-state index in [-0.39, 0.29) is 28.6 Å². The fourth-order valence-electron chi connectivity index (χ4n) is 3.51. The number of carbonyl (C=O) groups is 3. The first-order valence-electron chi connectivity index (χ1n) is 10.7. The van der Waals surface area contributed by atoms with Crippen molar-refractivity contribution in [3.63, 3.8) is 0 Å². The van der Waals surface area contributed by atoms with E-state index in [2.05, 4.69) is 10.6 Å². The zero-order valence-corrected chi connectivity index (χ0v) is 21.4. The maximum Gasteiger partial charge on any atom is 0.300 e. The third-order valence-electron chi connectivity index (χ3n) is 5.15. The Labute approximate surface area is 220 Å². The molecule has 0 saturated carbocycles. The van der Waals surface area contributed by atoms with Gasteiger partial charge in [0.05, 0.1) is 25.6 Å². The van der Waals surface area contributed by atoms with E-state index in [9.17, 15) is 9.59 Å². The van der Waals surface area contributed by atoms with Crippen LogP contribution in [0.3, 0.4) is 0 Å². The molecule has 0 saturated heterocycles. The molecule has 4 aliphatic rings. The second-order valence-corrected chi connectivity index (χ2v) is 7.66. The van der Waals surface area contributed by atoms with E-state index in [1.165, 1.54) is 13.2 Å². The predicted molar refractivity (Wildman–Crippen MR) is 131 cm³/mol. The molecule has 0 aromatic heterocycles. The number of allylic oxidation sites excluding steroid dienone is 14. The standard InChI is InChI=1S/C25H22N2O4.C2H4O2.Mn/c1-15-12-23(28)18(14-25(15)31-3)20-7-5-9-22(27-20)21-8-4-6-19(26-21)17-11-10-16(30-2)13-24(17)29;1-2(3)4;/h4-14,26-27H,1-3H3;1H3,(H,3,4);/b19-17-,20-18?;;. The molecule has 187 valence electrons. The molecule has 0 aromatic rings. The number of rotatable bonds is 3. The van der Waals surface area contributed by atoms with Crippen LogP contribution < -0.4 is 10.6 Å². The molecule has 8 nitrogen and oxygen atoms in total. The summed E-state index contributed by atoms with van der Waals surface area (Å²) in [5.74, 6) is 0.129. The Bertz CT molecular complexity index is 1280. The molecule has 2 heterocycles. The fourth-order valence-corrected chi connectivity index (χ4v) is 3.51. The molecule has 0 amide bonds. The van der Waals surface area contributed by atoms with E-state index in [0.29, 0.717) is 34.1 Å². The molecule has 36 heavy (non-hydrogen) atoms. The molecule has 0 bridgehead atoms. The van der Waals surface area contributed by atoms with E-state index in [1.54, 1.807) is 31.4 Å². The summed E-state index contributed by atoms with van der Waals surface area (Å²) >= 11 is 0. The van der Waals surface area contributed by atoms with Crippen molar-refractivity contribution >= 4 is 17.5 Å². The molecule has 0 fully saturated rings. The number of ketones is 2. The molecule has 9 heteroatoms. The number of ether oxygens (including phenoxy) is 2. The second kappa shape index (κ2) is 12.6. The van der Waals surface area contributed by atoms with E-state index in [0.717, 1.165) is 23.9 Å². The van der Waals surface area contributed by atoms with Gasteiger partial charge in [0.25, 0.3) is 5.97 Å². The Morgan fingerprint density at radius 2 is 1.33 bits per heavy atom. The quantitative estimate of drug-likeness (QED) is 0.377. The number of hydrogen-bond acceptors (Lipinski definition) is 7. The maximum atomic E-state index is 12.6. The molecular formula is C27H26MnN2O6. The van der Waals surface area contributed by atoms with Gasteiger partial charge in [-0.05, 0) is 61.1 Å². The van der Waals surface area contributed by atoms with E-state index in [4.69, 9.17) is 19.4 Å². The van der Waals surface area contributed by atoms with E-state index >= 15 is 0 Å². The molecule has 0 spiro atoms. The number of nitrogens with one attached hydrogen (secondary N) is 2. The van der Waals surface area contributed by atoms with Gasteiger partial charge in [-0.2, -0.15) is 0 Å². The minimum atomic E-state index is -0.833. The zero-order chi connectivity index (χ0) is 25.5. The Morgan fingerprint density at radius 3 is 1.83 bits per heavy atom. The minimum Gasteiger partial charge on any atom is -0.497 e. The molecule has 0 atom stereocenters. The third kappa shape index (κ3) is 6.75. The van der Waals surface area contributed by atoms with Gasteiger partial charge in [0.15, 0.2) is 11.6 Å². The van der Waals surface area contributed by atoms with Crippen molar-refractivity contribution in [2.75, 3.05) is 14.2 Å². The number of aliphatic carboxylic acids is 1. The van der Waals surface area contributed by atoms with Crippen LogP contribution in [-0.4, -0.2) is 36.9 Å². The average molecular weight is 529 g/mol.